The van der Waals surface area contributed by atoms with E-state index in [0.717, 1.165) is 0 Å². The van der Waals surface area contributed by atoms with E-state index in [-0.39, 0.29) is 5.78 Å². The van der Waals surface area contributed by atoms with Crippen LogP contribution in [0.25, 0.3) is 0 Å². The summed E-state index contributed by atoms with van der Waals surface area (Å²) in [5.74, 6) is 3.59. The van der Waals surface area contributed by atoms with Crippen LogP contribution in [0.15, 0.2) is 12.1 Å². The zero-order chi connectivity index (χ0) is 14.3. The standard InChI is InChI=1S/C15H19NO2Si/c1-15(2)10-13(17)12-7-6-11(16-14(12)18-15)8-9-19(3,4)5/h6-7H,10H2,1-5H3. The maximum Gasteiger partial charge on any atom is 0.226 e. The molecular weight excluding hydrogens is 254 g/mol. The van der Waals surface area contributed by atoms with Crippen LogP contribution in [0.1, 0.15) is 36.3 Å². The van der Waals surface area contributed by atoms with Crippen molar-refractivity contribution in [1.29, 1.82) is 0 Å². The highest BCUT2D eigenvalue weighted by molar-refractivity contribution is 6.83. The first-order chi connectivity index (χ1) is 8.66. The average Bonchev–Trinajstić information content (AvgIpc) is 2.23. The lowest BCUT2D eigenvalue weighted by molar-refractivity contribution is 0.0590. The van der Waals surface area contributed by atoms with Crippen molar-refractivity contribution in [1.82, 2.24) is 4.98 Å². The first kappa shape index (κ1) is 13.8. The third kappa shape index (κ3) is 3.45. The molecule has 1 aliphatic heterocycles. The summed E-state index contributed by atoms with van der Waals surface area (Å²) in [6.45, 7) is 10.3. The molecule has 0 aromatic carbocycles. The Labute approximate surface area is 115 Å². The minimum absolute atomic E-state index is 0.0865. The quantitative estimate of drug-likeness (QED) is 0.539. The molecule has 0 spiro atoms. The molecule has 19 heavy (non-hydrogen) atoms. The molecule has 0 atom stereocenters. The van der Waals surface area contributed by atoms with Gasteiger partial charge >= 0.3 is 0 Å². The van der Waals surface area contributed by atoms with Gasteiger partial charge in [-0.05, 0) is 26.0 Å². The Bertz CT molecular complexity index is 588. The molecule has 0 saturated heterocycles. The van der Waals surface area contributed by atoms with E-state index < -0.39 is 13.7 Å². The highest BCUT2D eigenvalue weighted by Crippen LogP contribution is 2.31. The summed E-state index contributed by atoms with van der Waals surface area (Å²) in [6, 6.07) is 3.57. The van der Waals surface area contributed by atoms with E-state index in [1.165, 1.54) is 0 Å². The zero-order valence-electron chi connectivity index (χ0n) is 12.1. The smallest absolute Gasteiger partial charge is 0.226 e. The Balaban J connectivity index is 2.38. The number of Topliss-reactive ketones (excluding diaryl/α,β-unsaturated/α-hetero) is 1. The Kier molecular flexibility index (Phi) is 3.27. The fourth-order valence-corrected chi connectivity index (χ4v) is 2.33. The van der Waals surface area contributed by atoms with E-state index in [1.807, 2.05) is 13.8 Å². The number of ketones is 1. The molecule has 0 unspecified atom stereocenters. The van der Waals surface area contributed by atoms with Gasteiger partial charge in [0.1, 0.15) is 19.4 Å². The SMILES string of the molecule is CC1(C)CC(=O)c2ccc(C#C[Si](C)(C)C)nc2O1. The summed E-state index contributed by atoms with van der Waals surface area (Å²) in [5, 5.41) is 0. The summed E-state index contributed by atoms with van der Waals surface area (Å²) < 4.78 is 5.77. The molecule has 0 fully saturated rings. The summed E-state index contributed by atoms with van der Waals surface area (Å²) in [7, 11) is -1.43. The number of rotatable bonds is 0. The minimum Gasteiger partial charge on any atom is -0.471 e. The van der Waals surface area contributed by atoms with Crippen LogP contribution < -0.4 is 4.74 Å². The first-order valence-corrected chi connectivity index (χ1v) is 9.93. The minimum atomic E-state index is -1.43. The van der Waals surface area contributed by atoms with Gasteiger partial charge in [-0.2, -0.15) is 0 Å². The molecule has 1 aromatic heterocycles. The van der Waals surface area contributed by atoms with Gasteiger partial charge in [0, 0.05) is 0 Å². The number of pyridine rings is 1. The van der Waals surface area contributed by atoms with Gasteiger partial charge in [-0.25, -0.2) is 4.98 Å². The van der Waals surface area contributed by atoms with Gasteiger partial charge in [-0.3, -0.25) is 4.79 Å². The van der Waals surface area contributed by atoms with E-state index in [2.05, 4.69) is 36.1 Å². The molecule has 100 valence electrons. The molecule has 4 heteroatoms. The number of carbonyl (C=O) groups excluding carboxylic acids is 1. The number of aromatic nitrogens is 1. The number of hydrogen-bond donors (Lipinski definition) is 0. The second kappa shape index (κ2) is 4.50. The fourth-order valence-electron chi connectivity index (χ4n) is 1.83. The lowest BCUT2D eigenvalue weighted by Gasteiger charge is -2.30. The van der Waals surface area contributed by atoms with Crippen LogP contribution in [0, 0.1) is 11.5 Å². The van der Waals surface area contributed by atoms with Crippen molar-refractivity contribution in [3.05, 3.63) is 23.4 Å². The monoisotopic (exact) mass is 273 g/mol. The Morgan fingerprint density at radius 3 is 2.63 bits per heavy atom. The fraction of sp³-hybridized carbons (Fsp3) is 0.467. The van der Waals surface area contributed by atoms with Crippen LogP contribution in [0.4, 0.5) is 0 Å². The third-order valence-corrected chi connectivity index (χ3v) is 3.56. The molecule has 0 radical (unpaired) electrons. The predicted molar refractivity (Wildman–Crippen MR) is 78.1 cm³/mol. The van der Waals surface area contributed by atoms with Crippen molar-refractivity contribution >= 4 is 13.9 Å². The Hall–Kier alpha value is -1.60. The molecule has 1 aromatic rings. The number of nitrogens with zero attached hydrogens (tertiary/aromatic N) is 1. The van der Waals surface area contributed by atoms with Gasteiger partial charge in [-0.15, -0.1) is 5.54 Å². The largest absolute Gasteiger partial charge is 0.471 e. The predicted octanol–water partition coefficient (Wildman–Crippen LogP) is 3.05. The van der Waals surface area contributed by atoms with Crippen molar-refractivity contribution < 1.29 is 9.53 Å². The second-order valence-electron chi connectivity index (χ2n) is 6.51. The molecule has 0 aliphatic carbocycles. The number of fused-ring (bicyclic) bond motifs is 1. The molecule has 0 N–H and O–H groups in total. The van der Waals surface area contributed by atoms with Crippen LogP contribution in [-0.4, -0.2) is 24.4 Å². The van der Waals surface area contributed by atoms with Crippen molar-refractivity contribution in [2.45, 2.75) is 45.5 Å². The molecular formula is C15H19NO2Si. The average molecular weight is 273 g/mol. The van der Waals surface area contributed by atoms with Gasteiger partial charge in [-0.1, -0.05) is 25.6 Å². The van der Waals surface area contributed by atoms with Crippen LogP contribution in [-0.2, 0) is 0 Å². The molecule has 3 nitrogen and oxygen atoms in total. The number of carbonyl (C=O) groups is 1. The Morgan fingerprint density at radius 2 is 2.00 bits per heavy atom. The summed E-state index contributed by atoms with van der Waals surface area (Å²) in [5.41, 5.74) is 4.02. The maximum absolute atomic E-state index is 12.0. The van der Waals surface area contributed by atoms with Crippen molar-refractivity contribution in [3.8, 4) is 17.3 Å². The summed E-state index contributed by atoms with van der Waals surface area (Å²) >= 11 is 0. The van der Waals surface area contributed by atoms with E-state index in [1.54, 1.807) is 12.1 Å². The van der Waals surface area contributed by atoms with E-state index in [0.29, 0.717) is 23.6 Å². The molecule has 0 saturated carbocycles. The van der Waals surface area contributed by atoms with Gasteiger partial charge in [0.05, 0.1) is 12.0 Å². The summed E-state index contributed by atoms with van der Waals surface area (Å²) in [6.07, 6.45) is 0.390. The lowest BCUT2D eigenvalue weighted by Crippen LogP contribution is -2.36. The molecule has 2 heterocycles. The molecule has 1 aliphatic rings. The maximum atomic E-state index is 12.0. The van der Waals surface area contributed by atoms with Crippen molar-refractivity contribution in [3.63, 3.8) is 0 Å². The van der Waals surface area contributed by atoms with E-state index in [4.69, 9.17) is 4.74 Å². The first-order valence-electron chi connectivity index (χ1n) is 6.43. The van der Waals surface area contributed by atoms with Crippen LogP contribution in [0.5, 0.6) is 5.88 Å². The van der Waals surface area contributed by atoms with E-state index in [9.17, 15) is 4.79 Å². The third-order valence-electron chi connectivity index (χ3n) is 2.69. The highest BCUT2D eigenvalue weighted by Gasteiger charge is 2.33. The van der Waals surface area contributed by atoms with Crippen LogP contribution >= 0.6 is 0 Å². The van der Waals surface area contributed by atoms with Gasteiger partial charge < -0.3 is 4.74 Å². The number of ether oxygens (including phenoxy) is 1. The van der Waals surface area contributed by atoms with Crippen molar-refractivity contribution in [2.24, 2.45) is 0 Å². The summed E-state index contributed by atoms with van der Waals surface area (Å²) in [4.78, 5) is 16.3. The van der Waals surface area contributed by atoms with Crippen molar-refractivity contribution in [2.75, 3.05) is 0 Å². The Morgan fingerprint density at radius 1 is 1.32 bits per heavy atom. The van der Waals surface area contributed by atoms with E-state index >= 15 is 0 Å². The molecule has 0 bridgehead atoms. The normalized spacial score (nSPS) is 17.0. The number of hydrogen-bond acceptors (Lipinski definition) is 3. The second-order valence-corrected chi connectivity index (χ2v) is 11.3. The topological polar surface area (TPSA) is 39.2 Å². The van der Waals surface area contributed by atoms with Gasteiger partial charge in [0.2, 0.25) is 5.88 Å². The van der Waals surface area contributed by atoms with Crippen LogP contribution in [0.3, 0.4) is 0 Å². The highest BCUT2D eigenvalue weighted by atomic mass is 28.3. The molecule has 0 amide bonds. The van der Waals surface area contributed by atoms with Gasteiger partial charge in [0.15, 0.2) is 5.78 Å². The zero-order valence-corrected chi connectivity index (χ0v) is 13.1. The van der Waals surface area contributed by atoms with Crippen LogP contribution in [0.2, 0.25) is 19.6 Å². The molecule has 2 rings (SSSR count). The lowest BCUT2D eigenvalue weighted by atomic mass is 9.94. The van der Waals surface area contributed by atoms with Gasteiger partial charge in [0.25, 0.3) is 0 Å².